The van der Waals surface area contributed by atoms with E-state index in [4.69, 9.17) is 9.84 Å². The number of rotatable bonds is 5. The van der Waals surface area contributed by atoms with Crippen LogP contribution in [-0.2, 0) is 9.59 Å². The first-order chi connectivity index (χ1) is 9.08. The van der Waals surface area contributed by atoms with Crippen molar-refractivity contribution in [1.82, 2.24) is 4.90 Å². The fraction of sp³-hybridized carbons (Fsp3) is 0.385. The van der Waals surface area contributed by atoms with Crippen LogP contribution < -0.4 is 4.74 Å². The van der Waals surface area contributed by atoms with Crippen LogP contribution in [0.3, 0.4) is 0 Å². The number of carbonyl (C=O) groups excluding carboxylic acids is 1. The number of ether oxygens (including phenoxy) is 1. The number of aliphatic carboxylic acids is 1. The maximum atomic E-state index is 12.9. The maximum Gasteiger partial charge on any atom is 0.316 e. The van der Waals surface area contributed by atoms with Crippen molar-refractivity contribution in [3.05, 3.63) is 30.1 Å². The number of likely N-dealkylation sites (tertiary alicyclic amines) is 1. The highest BCUT2D eigenvalue weighted by atomic mass is 19.1. The Hall–Kier alpha value is -2.11. The molecular weight excluding hydrogens is 253 g/mol. The second-order valence-corrected chi connectivity index (χ2v) is 4.31. The molecule has 1 aliphatic rings. The van der Waals surface area contributed by atoms with Crippen molar-refractivity contribution < 1.29 is 23.8 Å². The number of benzene rings is 1. The third-order valence-corrected chi connectivity index (χ3v) is 3.02. The van der Waals surface area contributed by atoms with Crippen molar-refractivity contribution in [2.24, 2.45) is 5.92 Å². The number of hydrogen-bond donors (Lipinski definition) is 1. The van der Waals surface area contributed by atoms with Gasteiger partial charge in [-0.25, -0.2) is 4.39 Å². The van der Waals surface area contributed by atoms with Gasteiger partial charge in [-0.1, -0.05) is 6.07 Å². The number of halogens is 1. The van der Waals surface area contributed by atoms with E-state index in [1.165, 1.54) is 23.1 Å². The van der Waals surface area contributed by atoms with Crippen molar-refractivity contribution in [2.75, 3.05) is 19.7 Å². The zero-order valence-electron chi connectivity index (χ0n) is 10.2. The fourth-order valence-electron chi connectivity index (χ4n) is 2.02. The van der Waals surface area contributed by atoms with E-state index in [1.807, 2.05) is 0 Å². The molecule has 6 heteroatoms. The van der Waals surface area contributed by atoms with Gasteiger partial charge in [-0.2, -0.15) is 0 Å². The minimum atomic E-state index is -1.08. The number of hydrogen-bond acceptors (Lipinski definition) is 3. The standard InChI is InChI=1S/C13H14FNO4/c14-9-2-1-3-10(8-9)19-7-6-15-5-4-11(12(15)16)13(17)18/h1-3,8,11H,4-7H2,(H,17,18). The highest BCUT2D eigenvalue weighted by Gasteiger charge is 2.36. The summed E-state index contributed by atoms with van der Waals surface area (Å²) in [6.45, 7) is 0.934. The van der Waals surface area contributed by atoms with Crippen molar-refractivity contribution in [3.8, 4) is 5.75 Å². The summed E-state index contributed by atoms with van der Waals surface area (Å²) in [5, 5.41) is 8.81. The van der Waals surface area contributed by atoms with Crippen LogP contribution in [0.15, 0.2) is 24.3 Å². The molecule has 1 saturated heterocycles. The van der Waals surface area contributed by atoms with Crippen LogP contribution in [0.2, 0.25) is 0 Å². The Morgan fingerprint density at radius 3 is 2.95 bits per heavy atom. The minimum Gasteiger partial charge on any atom is -0.492 e. The van der Waals surface area contributed by atoms with Gasteiger partial charge in [-0.3, -0.25) is 9.59 Å². The van der Waals surface area contributed by atoms with E-state index < -0.39 is 11.9 Å². The zero-order valence-corrected chi connectivity index (χ0v) is 10.2. The van der Waals surface area contributed by atoms with Crippen LogP contribution in [-0.4, -0.2) is 41.6 Å². The molecule has 0 spiro atoms. The molecule has 19 heavy (non-hydrogen) atoms. The monoisotopic (exact) mass is 267 g/mol. The van der Waals surface area contributed by atoms with Gasteiger partial charge in [0.25, 0.3) is 0 Å². The van der Waals surface area contributed by atoms with Crippen LogP contribution in [0.25, 0.3) is 0 Å². The minimum absolute atomic E-state index is 0.210. The van der Waals surface area contributed by atoms with Crippen LogP contribution in [0.5, 0.6) is 5.75 Å². The lowest BCUT2D eigenvalue weighted by atomic mass is 10.1. The van der Waals surface area contributed by atoms with Gasteiger partial charge >= 0.3 is 5.97 Å². The third kappa shape index (κ3) is 3.21. The second kappa shape index (κ2) is 5.69. The van der Waals surface area contributed by atoms with Crippen LogP contribution >= 0.6 is 0 Å². The van der Waals surface area contributed by atoms with Crippen molar-refractivity contribution >= 4 is 11.9 Å². The quantitative estimate of drug-likeness (QED) is 0.812. The Morgan fingerprint density at radius 2 is 2.32 bits per heavy atom. The molecule has 1 aliphatic heterocycles. The van der Waals surface area contributed by atoms with Gasteiger partial charge in [0.15, 0.2) is 0 Å². The smallest absolute Gasteiger partial charge is 0.316 e. The summed E-state index contributed by atoms with van der Waals surface area (Å²) in [7, 11) is 0. The molecule has 1 amide bonds. The fourth-order valence-corrected chi connectivity index (χ4v) is 2.02. The summed E-state index contributed by atoms with van der Waals surface area (Å²) in [5.74, 6) is -2.40. The van der Waals surface area contributed by atoms with E-state index in [1.54, 1.807) is 6.07 Å². The molecule has 0 radical (unpaired) electrons. The van der Waals surface area contributed by atoms with E-state index in [0.717, 1.165) is 0 Å². The number of nitrogens with zero attached hydrogens (tertiary/aromatic N) is 1. The molecule has 1 heterocycles. The maximum absolute atomic E-state index is 12.9. The van der Waals surface area contributed by atoms with E-state index in [9.17, 15) is 14.0 Å². The molecule has 0 saturated carbocycles. The SMILES string of the molecule is O=C(O)C1CCN(CCOc2cccc(F)c2)C1=O. The topological polar surface area (TPSA) is 66.8 Å². The number of carbonyl (C=O) groups is 2. The largest absolute Gasteiger partial charge is 0.492 e. The van der Waals surface area contributed by atoms with Gasteiger partial charge in [-0.15, -0.1) is 0 Å². The molecule has 1 aromatic carbocycles. The molecule has 0 aromatic heterocycles. The molecule has 0 aliphatic carbocycles. The van der Waals surface area contributed by atoms with Crippen LogP contribution in [0, 0.1) is 11.7 Å². The zero-order chi connectivity index (χ0) is 13.8. The summed E-state index contributed by atoms with van der Waals surface area (Å²) >= 11 is 0. The summed E-state index contributed by atoms with van der Waals surface area (Å²) in [6, 6.07) is 5.72. The highest BCUT2D eigenvalue weighted by Crippen LogP contribution is 2.18. The van der Waals surface area contributed by atoms with E-state index in [0.29, 0.717) is 25.3 Å². The van der Waals surface area contributed by atoms with Gasteiger partial charge in [0.2, 0.25) is 5.91 Å². The van der Waals surface area contributed by atoms with Gasteiger partial charge in [0.05, 0.1) is 6.54 Å². The summed E-state index contributed by atoms with van der Waals surface area (Å²) in [6.07, 6.45) is 0.328. The Morgan fingerprint density at radius 1 is 1.53 bits per heavy atom. The highest BCUT2D eigenvalue weighted by molar-refractivity contribution is 5.98. The summed E-state index contributed by atoms with van der Waals surface area (Å²) in [4.78, 5) is 23.9. The van der Waals surface area contributed by atoms with E-state index >= 15 is 0 Å². The number of carboxylic acid groups (broad SMARTS) is 1. The average molecular weight is 267 g/mol. The molecule has 0 bridgehead atoms. The van der Waals surface area contributed by atoms with Gasteiger partial charge in [0, 0.05) is 12.6 Å². The first kappa shape index (κ1) is 13.3. The van der Waals surface area contributed by atoms with Crippen molar-refractivity contribution in [1.29, 1.82) is 0 Å². The second-order valence-electron chi connectivity index (χ2n) is 4.31. The average Bonchev–Trinajstić information content (AvgIpc) is 2.71. The van der Waals surface area contributed by atoms with Gasteiger partial charge in [0.1, 0.15) is 24.1 Å². The Labute approximate surface area is 109 Å². The van der Waals surface area contributed by atoms with Crippen LogP contribution in [0.4, 0.5) is 4.39 Å². The molecule has 1 aromatic rings. The van der Waals surface area contributed by atoms with Gasteiger partial charge < -0.3 is 14.7 Å². The van der Waals surface area contributed by atoms with E-state index in [-0.39, 0.29) is 18.3 Å². The Kier molecular flexibility index (Phi) is 3.99. The summed E-state index contributed by atoms with van der Waals surface area (Å²) in [5.41, 5.74) is 0. The lowest BCUT2D eigenvalue weighted by molar-refractivity contribution is -0.147. The molecule has 5 nitrogen and oxygen atoms in total. The van der Waals surface area contributed by atoms with E-state index in [2.05, 4.69) is 0 Å². The summed E-state index contributed by atoms with van der Waals surface area (Å²) < 4.78 is 18.2. The predicted octanol–water partition coefficient (Wildman–Crippen LogP) is 1.14. The molecule has 2 rings (SSSR count). The van der Waals surface area contributed by atoms with Crippen molar-refractivity contribution in [2.45, 2.75) is 6.42 Å². The lowest BCUT2D eigenvalue weighted by Gasteiger charge is -2.16. The predicted molar refractivity (Wildman–Crippen MR) is 64.2 cm³/mol. The molecule has 1 fully saturated rings. The molecule has 1 unspecified atom stereocenters. The normalized spacial score (nSPS) is 18.7. The van der Waals surface area contributed by atoms with Gasteiger partial charge in [-0.05, 0) is 18.6 Å². The van der Waals surface area contributed by atoms with Crippen molar-refractivity contribution in [3.63, 3.8) is 0 Å². The molecular formula is C13H14FNO4. The third-order valence-electron chi connectivity index (χ3n) is 3.02. The lowest BCUT2D eigenvalue weighted by Crippen LogP contribution is -2.33. The first-order valence-corrected chi connectivity index (χ1v) is 5.98. The Balaban J connectivity index is 1.81. The Bertz CT molecular complexity index is 491. The molecule has 1 N–H and O–H groups in total. The molecule has 102 valence electrons. The number of amides is 1. The van der Waals surface area contributed by atoms with Crippen LogP contribution in [0.1, 0.15) is 6.42 Å². The molecule has 1 atom stereocenters. The number of carboxylic acids is 1. The first-order valence-electron chi connectivity index (χ1n) is 5.98.